The van der Waals surface area contributed by atoms with E-state index < -0.39 is 0 Å². The zero-order valence-corrected chi connectivity index (χ0v) is 13.2. The third-order valence-electron chi connectivity index (χ3n) is 3.16. The molecule has 1 fully saturated rings. The molecule has 2 heterocycles. The summed E-state index contributed by atoms with van der Waals surface area (Å²) >= 11 is 7.54. The highest BCUT2D eigenvalue weighted by Gasteiger charge is 2.16. The second-order valence-corrected chi connectivity index (χ2v) is 6.00. The first-order valence-electron chi connectivity index (χ1n) is 6.70. The maximum absolute atomic E-state index is 6.04. The highest BCUT2D eigenvalue weighted by molar-refractivity contribution is 7.99. The number of aryl methyl sites for hydroxylation is 1. The molecule has 0 amide bonds. The van der Waals surface area contributed by atoms with Gasteiger partial charge in [-0.3, -0.25) is 0 Å². The van der Waals surface area contributed by atoms with Gasteiger partial charge in [-0.05, 0) is 41.9 Å². The number of benzene rings is 1. The van der Waals surface area contributed by atoms with E-state index in [2.05, 4.69) is 32.8 Å². The van der Waals surface area contributed by atoms with Crippen LogP contribution in [0.25, 0.3) is 0 Å². The van der Waals surface area contributed by atoms with E-state index in [9.17, 15) is 0 Å². The van der Waals surface area contributed by atoms with Crippen LogP contribution in [0.2, 0.25) is 5.28 Å². The predicted octanol–water partition coefficient (Wildman–Crippen LogP) is 2.82. The standard InChI is InChI=1S/C14H15ClN4OS/c1-10-4-2-3-5-11(10)21-14-17-12(15)16-13(18-14)19-6-8-20-9-7-19/h2-5H,6-9H2,1H3. The molecule has 1 aliphatic rings. The molecule has 0 radical (unpaired) electrons. The summed E-state index contributed by atoms with van der Waals surface area (Å²) in [5, 5.41) is 0.841. The van der Waals surface area contributed by atoms with Crippen LogP contribution in [0.4, 0.5) is 5.95 Å². The molecule has 21 heavy (non-hydrogen) atoms. The fraction of sp³-hybridized carbons (Fsp3) is 0.357. The van der Waals surface area contributed by atoms with Crippen LogP contribution in [0.3, 0.4) is 0 Å². The maximum Gasteiger partial charge on any atom is 0.230 e. The molecule has 0 saturated carbocycles. The lowest BCUT2D eigenvalue weighted by Crippen LogP contribution is -2.37. The van der Waals surface area contributed by atoms with E-state index in [1.54, 1.807) is 0 Å². The van der Waals surface area contributed by atoms with Gasteiger partial charge in [0.05, 0.1) is 13.2 Å². The van der Waals surface area contributed by atoms with Crippen molar-refractivity contribution in [1.82, 2.24) is 15.0 Å². The minimum atomic E-state index is 0.225. The molecule has 0 N–H and O–H groups in total. The van der Waals surface area contributed by atoms with Crippen molar-refractivity contribution in [3.05, 3.63) is 35.1 Å². The summed E-state index contributed by atoms with van der Waals surface area (Å²) in [5.41, 5.74) is 1.19. The Morgan fingerprint density at radius 1 is 1.14 bits per heavy atom. The smallest absolute Gasteiger partial charge is 0.230 e. The van der Waals surface area contributed by atoms with Crippen molar-refractivity contribution in [2.24, 2.45) is 0 Å². The maximum atomic E-state index is 6.04. The zero-order valence-electron chi connectivity index (χ0n) is 11.6. The lowest BCUT2D eigenvalue weighted by molar-refractivity contribution is 0.122. The van der Waals surface area contributed by atoms with Gasteiger partial charge in [0.1, 0.15) is 0 Å². The van der Waals surface area contributed by atoms with E-state index >= 15 is 0 Å². The zero-order chi connectivity index (χ0) is 14.7. The lowest BCUT2D eigenvalue weighted by Gasteiger charge is -2.26. The van der Waals surface area contributed by atoms with Gasteiger partial charge in [-0.2, -0.15) is 15.0 Å². The van der Waals surface area contributed by atoms with E-state index in [1.807, 2.05) is 18.2 Å². The Labute approximate surface area is 132 Å². The largest absolute Gasteiger partial charge is 0.378 e. The number of aromatic nitrogens is 3. The SMILES string of the molecule is Cc1ccccc1Sc1nc(Cl)nc(N2CCOCC2)n1. The van der Waals surface area contributed by atoms with Gasteiger partial charge in [-0.1, -0.05) is 18.2 Å². The summed E-state index contributed by atoms with van der Waals surface area (Å²) in [7, 11) is 0. The number of nitrogens with zero attached hydrogens (tertiary/aromatic N) is 4. The second-order valence-electron chi connectivity index (χ2n) is 4.65. The number of halogens is 1. The second kappa shape index (κ2) is 6.60. The number of anilines is 1. The van der Waals surface area contributed by atoms with Crippen molar-refractivity contribution >= 4 is 29.3 Å². The Bertz CT molecular complexity index is 634. The fourth-order valence-electron chi connectivity index (χ4n) is 2.04. The van der Waals surface area contributed by atoms with Crippen LogP contribution in [0.15, 0.2) is 34.3 Å². The van der Waals surface area contributed by atoms with Gasteiger partial charge in [-0.15, -0.1) is 0 Å². The van der Waals surface area contributed by atoms with Crippen LogP contribution in [0.5, 0.6) is 0 Å². The summed E-state index contributed by atoms with van der Waals surface area (Å²) in [6, 6.07) is 8.13. The quantitative estimate of drug-likeness (QED) is 0.866. The van der Waals surface area contributed by atoms with Crippen molar-refractivity contribution in [2.75, 3.05) is 31.2 Å². The molecule has 1 aromatic carbocycles. The number of rotatable bonds is 3. The molecule has 3 rings (SSSR count). The summed E-state index contributed by atoms with van der Waals surface area (Å²) in [5.74, 6) is 0.620. The molecule has 1 aromatic heterocycles. The van der Waals surface area contributed by atoms with Gasteiger partial charge in [0.15, 0.2) is 5.16 Å². The lowest BCUT2D eigenvalue weighted by atomic mass is 10.2. The topological polar surface area (TPSA) is 51.1 Å². The predicted molar refractivity (Wildman–Crippen MR) is 83.2 cm³/mol. The van der Waals surface area contributed by atoms with Gasteiger partial charge in [-0.25, -0.2) is 0 Å². The number of hydrogen-bond acceptors (Lipinski definition) is 6. The van der Waals surface area contributed by atoms with Crippen LogP contribution < -0.4 is 4.90 Å². The minimum absolute atomic E-state index is 0.225. The molecule has 0 aliphatic carbocycles. The molecule has 0 bridgehead atoms. The summed E-state index contributed by atoms with van der Waals surface area (Å²) in [6.07, 6.45) is 0. The van der Waals surface area contributed by atoms with E-state index in [1.165, 1.54) is 17.3 Å². The van der Waals surface area contributed by atoms with Crippen LogP contribution in [-0.4, -0.2) is 41.3 Å². The first-order chi connectivity index (χ1) is 10.2. The fourth-order valence-corrected chi connectivity index (χ4v) is 3.08. The van der Waals surface area contributed by atoms with E-state index in [-0.39, 0.29) is 5.28 Å². The molecule has 110 valence electrons. The molecule has 1 saturated heterocycles. The first kappa shape index (κ1) is 14.6. The molecule has 5 nitrogen and oxygen atoms in total. The van der Waals surface area contributed by atoms with Crippen molar-refractivity contribution in [1.29, 1.82) is 0 Å². The number of hydrogen-bond donors (Lipinski definition) is 0. The molecule has 2 aromatic rings. The summed E-state index contributed by atoms with van der Waals surface area (Å²) < 4.78 is 5.34. The van der Waals surface area contributed by atoms with E-state index in [0.29, 0.717) is 24.3 Å². The van der Waals surface area contributed by atoms with Gasteiger partial charge in [0, 0.05) is 18.0 Å². The van der Waals surface area contributed by atoms with Gasteiger partial charge >= 0.3 is 0 Å². The molecule has 0 spiro atoms. The van der Waals surface area contributed by atoms with Crippen LogP contribution >= 0.6 is 23.4 Å². The number of morpholine rings is 1. The average molecular weight is 323 g/mol. The van der Waals surface area contributed by atoms with Crippen molar-refractivity contribution < 1.29 is 4.74 Å². The Morgan fingerprint density at radius 2 is 1.90 bits per heavy atom. The Morgan fingerprint density at radius 3 is 2.67 bits per heavy atom. The first-order valence-corrected chi connectivity index (χ1v) is 7.89. The summed E-state index contributed by atoms with van der Waals surface area (Å²) in [6.45, 7) is 4.98. The number of ether oxygens (including phenoxy) is 1. The van der Waals surface area contributed by atoms with E-state index in [0.717, 1.165) is 18.0 Å². The highest BCUT2D eigenvalue weighted by atomic mass is 35.5. The Hall–Kier alpha value is -1.37. The normalized spacial score (nSPS) is 15.2. The van der Waals surface area contributed by atoms with Gasteiger partial charge in [0.2, 0.25) is 11.2 Å². The van der Waals surface area contributed by atoms with Crippen LogP contribution in [0.1, 0.15) is 5.56 Å². The van der Waals surface area contributed by atoms with Crippen molar-refractivity contribution in [3.63, 3.8) is 0 Å². The van der Waals surface area contributed by atoms with Gasteiger partial charge in [0.25, 0.3) is 0 Å². The van der Waals surface area contributed by atoms with E-state index in [4.69, 9.17) is 16.3 Å². The van der Waals surface area contributed by atoms with Crippen LogP contribution in [0, 0.1) is 6.92 Å². The third-order valence-corrected chi connectivity index (χ3v) is 4.38. The molecule has 7 heteroatoms. The van der Waals surface area contributed by atoms with Crippen molar-refractivity contribution in [2.45, 2.75) is 17.0 Å². The molecular formula is C14H15ClN4OS. The molecule has 0 unspecified atom stereocenters. The summed E-state index contributed by atoms with van der Waals surface area (Å²) in [4.78, 5) is 16.1. The highest BCUT2D eigenvalue weighted by Crippen LogP contribution is 2.29. The Kier molecular flexibility index (Phi) is 4.57. The third kappa shape index (κ3) is 3.64. The Balaban J connectivity index is 1.85. The monoisotopic (exact) mass is 322 g/mol. The molecule has 0 atom stereocenters. The van der Waals surface area contributed by atoms with Crippen LogP contribution in [-0.2, 0) is 4.74 Å². The molecule has 1 aliphatic heterocycles. The minimum Gasteiger partial charge on any atom is -0.378 e. The van der Waals surface area contributed by atoms with Gasteiger partial charge < -0.3 is 9.64 Å². The molecular weight excluding hydrogens is 308 g/mol. The average Bonchev–Trinajstić information content (AvgIpc) is 2.50. The van der Waals surface area contributed by atoms with Crippen molar-refractivity contribution in [3.8, 4) is 0 Å².